The molecule has 2 rings (SSSR count). The predicted octanol–water partition coefficient (Wildman–Crippen LogP) is 4.86. The second kappa shape index (κ2) is 8.36. The number of hydrogen-bond donors (Lipinski definition) is 2. The lowest BCUT2D eigenvalue weighted by Crippen LogP contribution is -2.27. The van der Waals surface area contributed by atoms with Gasteiger partial charge >= 0.3 is 6.09 Å². The van der Waals surface area contributed by atoms with Crippen molar-refractivity contribution < 1.29 is 27.1 Å². The molecule has 0 atom stereocenters. The van der Waals surface area contributed by atoms with E-state index < -0.39 is 46.3 Å². The van der Waals surface area contributed by atoms with Gasteiger partial charge in [-0.3, -0.25) is 5.32 Å². The molecule has 0 heterocycles. The van der Waals surface area contributed by atoms with Gasteiger partial charge in [0.05, 0.1) is 0 Å². The number of carbonyl (C=O) groups excluding carboxylic acids is 1. The zero-order valence-electron chi connectivity index (χ0n) is 13.9. The van der Waals surface area contributed by atoms with Crippen molar-refractivity contribution in [3.63, 3.8) is 0 Å². The second-order valence-corrected chi connectivity index (χ2v) is 5.86. The molecule has 2 aromatic carbocycles. The summed E-state index contributed by atoms with van der Waals surface area (Å²) in [7, 11) is 0. The van der Waals surface area contributed by atoms with Gasteiger partial charge in [-0.2, -0.15) is 0 Å². The molecule has 0 aliphatic carbocycles. The van der Waals surface area contributed by atoms with E-state index in [2.05, 4.69) is 0 Å². The molecule has 0 fully saturated rings. The number of hydrogen-bond acceptors (Lipinski definition) is 3. The molecule has 25 heavy (non-hydrogen) atoms. The number of halogens is 4. The summed E-state index contributed by atoms with van der Waals surface area (Å²) in [6.07, 6.45) is -0.892. The Morgan fingerprint density at radius 1 is 0.920 bits per heavy atom. The van der Waals surface area contributed by atoms with Crippen LogP contribution in [-0.2, 0) is 4.74 Å². The van der Waals surface area contributed by atoms with E-state index in [1.54, 1.807) is 20.8 Å². The van der Waals surface area contributed by atoms with Crippen molar-refractivity contribution in [2.75, 3.05) is 11.1 Å². The van der Waals surface area contributed by atoms with E-state index >= 15 is 0 Å². The van der Waals surface area contributed by atoms with Crippen LogP contribution in [0.25, 0.3) is 0 Å². The molecular weight excluding hydrogens is 340 g/mol. The van der Waals surface area contributed by atoms with Crippen LogP contribution in [0, 0.1) is 23.3 Å². The van der Waals surface area contributed by atoms with Crippen LogP contribution in [0.1, 0.15) is 20.8 Å². The molecule has 136 valence electrons. The van der Waals surface area contributed by atoms with Crippen molar-refractivity contribution in [3.8, 4) is 0 Å². The zero-order chi connectivity index (χ0) is 19.2. The van der Waals surface area contributed by atoms with Crippen LogP contribution in [0.3, 0.4) is 0 Å². The van der Waals surface area contributed by atoms with E-state index in [0.29, 0.717) is 0 Å². The number of nitrogen functional groups attached to an aromatic ring is 1. The third-order valence-electron chi connectivity index (χ3n) is 2.59. The maximum atomic E-state index is 13.1. The van der Waals surface area contributed by atoms with Crippen LogP contribution < -0.4 is 11.1 Å². The Balaban J connectivity index is 0.000000293. The molecule has 0 aliphatic heterocycles. The van der Waals surface area contributed by atoms with Crippen LogP contribution in [0.15, 0.2) is 36.4 Å². The quantitative estimate of drug-likeness (QED) is 0.565. The number of rotatable bonds is 1. The van der Waals surface area contributed by atoms with Crippen molar-refractivity contribution in [2.24, 2.45) is 0 Å². The van der Waals surface area contributed by atoms with Gasteiger partial charge in [0.15, 0.2) is 0 Å². The minimum atomic E-state index is -0.892. The Morgan fingerprint density at radius 3 is 1.68 bits per heavy atom. The van der Waals surface area contributed by atoms with Gasteiger partial charge in [0, 0.05) is 0 Å². The molecule has 4 nitrogen and oxygen atoms in total. The zero-order valence-corrected chi connectivity index (χ0v) is 13.9. The lowest BCUT2D eigenvalue weighted by atomic mass is 10.2. The lowest BCUT2D eigenvalue weighted by molar-refractivity contribution is 0.0634. The molecule has 1 amide bonds. The highest BCUT2D eigenvalue weighted by atomic mass is 19.1. The van der Waals surface area contributed by atoms with Gasteiger partial charge in [0.25, 0.3) is 0 Å². The molecule has 0 aromatic heterocycles. The minimum Gasteiger partial charge on any atom is -0.444 e. The summed E-state index contributed by atoms with van der Waals surface area (Å²) < 4.78 is 55.6. The van der Waals surface area contributed by atoms with Crippen molar-refractivity contribution in [2.45, 2.75) is 26.4 Å². The van der Waals surface area contributed by atoms with E-state index in [0.717, 1.165) is 24.3 Å². The average Bonchev–Trinajstić information content (AvgIpc) is 2.47. The number of benzene rings is 2. The van der Waals surface area contributed by atoms with E-state index in [1.807, 2.05) is 5.32 Å². The summed E-state index contributed by atoms with van der Waals surface area (Å²) in [4.78, 5) is 11.3. The number of carbonyl (C=O) groups is 1. The van der Waals surface area contributed by atoms with Crippen molar-refractivity contribution >= 4 is 17.5 Å². The van der Waals surface area contributed by atoms with Crippen molar-refractivity contribution in [1.82, 2.24) is 0 Å². The molecule has 0 radical (unpaired) electrons. The molecule has 0 saturated heterocycles. The van der Waals surface area contributed by atoms with E-state index in [9.17, 15) is 22.4 Å². The van der Waals surface area contributed by atoms with Crippen LogP contribution in [0.5, 0.6) is 0 Å². The topological polar surface area (TPSA) is 64.3 Å². The SMILES string of the molecule is CC(C)(C)OC(=O)Nc1c(F)cccc1F.Nc1c(F)cccc1F. The first-order valence-electron chi connectivity index (χ1n) is 7.15. The fourth-order valence-corrected chi connectivity index (χ4v) is 1.53. The normalized spacial score (nSPS) is 10.5. The highest BCUT2D eigenvalue weighted by Gasteiger charge is 2.18. The maximum absolute atomic E-state index is 13.1. The molecule has 8 heteroatoms. The molecular formula is C17H18F4N2O2. The first-order chi connectivity index (χ1) is 11.5. The summed E-state index contributed by atoms with van der Waals surface area (Å²) in [5.41, 5.74) is 3.29. The fraction of sp³-hybridized carbons (Fsp3) is 0.235. The molecule has 0 aliphatic rings. The Kier molecular flexibility index (Phi) is 6.78. The fourth-order valence-electron chi connectivity index (χ4n) is 1.53. The smallest absolute Gasteiger partial charge is 0.412 e. The summed E-state index contributed by atoms with van der Waals surface area (Å²) in [6, 6.07) is 6.80. The first-order valence-corrected chi connectivity index (χ1v) is 7.15. The van der Waals surface area contributed by atoms with Gasteiger partial charge in [-0.15, -0.1) is 0 Å². The van der Waals surface area contributed by atoms with Gasteiger partial charge < -0.3 is 10.5 Å². The van der Waals surface area contributed by atoms with E-state index in [1.165, 1.54) is 12.1 Å². The minimum absolute atomic E-state index is 0.419. The molecule has 0 spiro atoms. The van der Waals surface area contributed by atoms with Crippen molar-refractivity contribution in [3.05, 3.63) is 59.7 Å². The first kappa shape index (κ1) is 20.3. The van der Waals surface area contributed by atoms with Gasteiger partial charge in [0.2, 0.25) is 0 Å². The maximum Gasteiger partial charge on any atom is 0.412 e. The summed E-state index contributed by atoms with van der Waals surface area (Å²) in [5, 5.41) is 2.02. The predicted molar refractivity (Wildman–Crippen MR) is 87.0 cm³/mol. The number of amides is 1. The monoisotopic (exact) mass is 358 g/mol. The van der Waals surface area contributed by atoms with Gasteiger partial charge in [-0.25, -0.2) is 22.4 Å². The lowest BCUT2D eigenvalue weighted by Gasteiger charge is -2.19. The molecule has 2 aromatic rings. The van der Waals surface area contributed by atoms with Gasteiger partial charge in [-0.1, -0.05) is 12.1 Å². The number of nitrogens with one attached hydrogen (secondary N) is 1. The number of anilines is 2. The Labute approximate surface area is 142 Å². The Morgan fingerprint density at radius 2 is 1.32 bits per heavy atom. The standard InChI is InChI=1S/C11H13F2NO2.C6H5F2N/c1-11(2,3)16-10(15)14-9-7(12)5-4-6-8(9)13;7-4-2-1-3-5(8)6(4)9/h4-6H,1-3H3,(H,14,15);1-3H,9H2. The van der Waals surface area contributed by atoms with Gasteiger partial charge in [-0.05, 0) is 45.0 Å². The Hall–Kier alpha value is -2.77. The molecule has 0 saturated carbocycles. The third-order valence-corrected chi connectivity index (χ3v) is 2.59. The van der Waals surface area contributed by atoms with Crippen LogP contribution in [0.2, 0.25) is 0 Å². The van der Waals surface area contributed by atoms with Crippen molar-refractivity contribution in [1.29, 1.82) is 0 Å². The summed E-state index contributed by atoms with van der Waals surface area (Å²) in [5.74, 6) is -3.11. The summed E-state index contributed by atoms with van der Waals surface area (Å²) in [6.45, 7) is 4.97. The largest absolute Gasteiger partial charge is 0.444 e. The van der Waals surface area contributed by atoms with E-state index in [-0.39, 0.29) is 0 Å². The molecule has 0 unspecified atom stereocenters. The van der Waals surface area contributed by atoms with Crippen LogP contribution in [-0.4, -0.2) is 11.7 Å². The number of ether oxygens (including phenoxy) is 1. The number of nitrogens with two attached hydrogens (primary N) is 1. The average molecular weight is 358 g/mol. The highest BCUT2D eigenvalue weighted by Crippen LogP contribution is 2.19. The Bertz CT molecular complexity index is 705. The summed E-state index contributed by atoms with van der Waals surface area (Å²) >= 11 is 0. The molecule has 3 N–H and O–H groups in total. The van der Waals surface area contributed by atoms with Crippen LogP contribution in [0.4, 0.5) is 33.7 Å². The number of para-hydroxylation sites is 2. The van der Waals surface area contributed by atoms with E-state index in [4.69, 9.17) is 10.5 Å². The highest BCUT2D eigenvalue weighted by molar-refractivity contribution is 5.85. The third kappa shape index (κ3) is 6.70. The van der Waals surface area contributed by atoms with Gasteiger partial charge in [0.1, 0.15) is 40.2 Å². The second-order valence-electron chi connectivity index (χ2n) is 5.86. The molecule has 0 bridgehead atoms. The van der Waals surface area contributed by atoms with Crippen LogP contribution >= 0.6 is 0 Å².